The van der Waals surface area contributed by atoms with Crippen molar-refractivity contribution in [2.24, 2.45) is 11.7 Å². The lowest BCUT2D eigenvalue weighted by Crippen LogP contribution is -2.41. The molecule has 23 heavy (non-hydrogen) atoms. The molecule has 128 valence electrons. The molecule has 1 saturated heterocycles. The SMILES string of the molecule is COc1ccc(Cl)cc1N1CC(C(=O)N[C@@H](C)CN)CC1=O.Cl. The van der Waals surface area contributed by atoms with Crippen molar-refractivity contribution < 1.29 is 14.3 Å². The standard InChI is InChI=1S/C15H20ClN3O3.ClH/c1-9(7-17)18-15(21)10-5-14(20)19(8-10)12-6-11(16)3-4-13(12)22-2;/h3-4,6,9-10H,5,7-8,17H2,1-2H3,(H,18,21);1H/t9-,10?;/m0./s1. The number of nitrogens with zero attached hydrogens (tertiary/aromatic N) is 1. The van der Waals surface area contributed by atoms with Gasteiger partial charge in [0.2, 0.25) is 11.8 Å². The summed E-state index contributed by atoms with van der Waals surface area (Å²) in [6.07, 6.45) is 0.165. The lowest BCUT2D eigenvalue weighted by atomic mass is 10.1. The normalized spacial score (nSPS) is 18.3. The van der Waals surface area contributed by atoms with E-state index in [1.807, 2.05) is 6.92 Å². The third kappa shape index (κ3) is 4.50. The number of methoxy groups -OCH3 is 1. The van der Waals surface area contributed by atoms with Crippen LogP contribution in [0.5, 0.6) is 5.75 Å². The number of nitrogens with two attached hydrogens (primary N) is 1. The predicted molar refractivity (Wildman–Crippen MR) is 92.4 cm³/mol. The van der Waals surface area contributed by atoms with Crippen LogP contribution >= 0.6 is 24.0 Å². The van der Waals surface area contributed by atoms with Crippen LogP contribution in [0, 0.1) is 5.92 Å². The van der Waals surface area contributed by atoms with Gasteiger partial charge in [0.25, 0.3) is 0 Å². The topological polar surface area (TPSA) is 84.7 Å². The Kier molecular flexibility index (Phi) is 7.12. The van der Waals surface area contributed by atoms with Crippen LogP contribution in [0.3, 0.4) is 0 Å². The Morgan fingerprint density at radius 3 is 2.87 bits per heavy atom. The van der Waals surface area contributed by atoms with E-state index in [-0.39, 0.29) is 36.7 Å². The Morgan fingerprint density at radius 2 is 2.26 bits per heavy atom. The Balaban J connectivity index is 0.00000264. The summed E-state index contributed by atoms with van der Waals surface area (Å²) in [6, 6.07) is 4.95. The van der Waals surface area contributed by atoms with Crippen molar-refractivity contribution in [2.75, 3.05) is 25.1 Å². The molecular weight excluding hydrogens is 341 g/mol. The molecule has 0 spiro atoms. The van der Waals surface area contributed by atoms with Crippen LogP contribution in [0.1, 0.15) is 13.3 Å². The van der Waals surface area contributed by atoms with Gasteiger partial charge in [-0.2, -0.15) is 0 Å². The number of anilines is 1. The van der Waals surface area contributed by atoms with Crippen LogP contribution in [-0.4, -0.2) is 38.1 Å². The first-order chi connectivity index (χ1) is 10.5. The van der Waals surface area contributed by atoms with E-state index in [4.69, 9.17) is 22.1 Å². The summed E-state index contributed by atoms with van der Waals surface area (Å²) in [7, 11) is 1.53. The van der Waals surface area contributed by atoms with Gasteiger partial charge in [-0.1, -0.05) is 11.6 Å². The molecule has 1 fully saturated rings. The molecule has 1 heterocycles. The molecule has 0 aliphatic carbocycles. The molecule has 6 nitrogen and oxygen atoms in total. The zero-order valence-electron chi connectivity index (χ0n) is 13.0. The number of carbonyl (C=O) groups is 2. The first kappa shape index (κ1) is 19.5. The fraction of sp³-hybridized carbons (Fsp3) is 0.467. The van der Waals surface area contributed by atoms with Crippen molar-refractivity contribution in [1.29, 1.82) is 0 Å². The van der Waals surface area contributed by atoms with E-state index in [0.717, 1.165) is 0 Å². The number of ether oxygens (including phenoxy) is 1. The molecule has 2 amide bonds. The molecule has 2 rings (SSSR count). The maximum atomic E-state index is 12.2. The average Bonchev–Trinajstić information content (AvgIpc) is 2.89. The number of carbonyl (C=O) groups excluding carboxylic acids is 2. The van der Waals surface area contributed by atoms with E-state index in [1.165, 1.54) is 7.11 Å². The van der Waals surface area contributed by atoms with Gasteiger partial charge >= 0.3 is 0 Å². The average molecular weight is 362 g/mol. The minimum atomic E-state index is -0.398. The number of amides is 2. The van der Waals surface area contributed by atoms with Crippen molar-refractivity contribution in [1.82, 2.24) is 5.32 Å². The van der Waals surface area contributed by atoms with Crippen LogP contribution in [0.15, 0.2) is 18.2 Å². The zero-order valence-corrected chi connectivity index (χ0v) is 14.6. The van der Waals surface area contributed by atoms with Gasteiger partial charge in [-0.15, -0.1) is 12.4 Å². The minimum Gasteiger partial charge on any atom is -0.495 e. The van der Waals surface area contributed by atoms with Crippen molar-refractivity contribution >= 4 is 41.5 Å². The van der Waals surface area contributed by atoms with E-state index < -0.39 is 5.92 Å². The fourth-order valence-electron chi connectivity index (χ4n) is 2.41. The second-order valence-corrected chi connectivity index (χ2v) is 5.80. The smallest absolute Gasteiger partial charge is 0.227 e. The van der Waals surface area contributed by atoms with Crippen molar-refractivity contribution in [2.45, 2.75) is 19.4 Å². The van der Waals surface area contributed by atoms with Gasteiger partial charge in [0.05, 0.1) is 18.7 Å². The maximum Gasteiger partial charge on any atom is 0.227 e. The van der Waals surface area contributed by atoms with Crippen LogP contribution in [0.25, 0.3) is 0 Å². The van der Waals surface area contributed by atoms with Gasteiger partial charge in [0.1, 0.15) is 5.75 Å². The molecule has 8 heteroatoms. The highest BCUT2D eigenvalue weighted by Crippen LogP contribution is 2.35. The molecule has 1 aliphatic rings. The molecule has 0 radical (unpaired) electrons. The van der Waals surface area contributed by atoms with E-state index in [9.17, 15) is 9.59 Å². The molecular formula is C15H21Cl2N3O3. The molecule has 1 aliphatic heterocycles. The monoisotopic (exact) mass is 361 g/mol. The van der Waals surface area contributed by atoms with E-state index in [2.05, 4.69) is 5.32 Å². The van der Waals surface area contributed by atoms with Crippen molar-refractivity contribution in [3.63, 3.8) is 0 Å². The van der Waals surface area contributed by atoms with Gasteiger partial charge in [-0.25, -0.2) is 0 Å². The lowest BCUT2D eigenvalue weighted by Gasteiger charge is -2.20. The molecule has 0 aromatic heterocycles. The molecule has 1 unspecified atom stereocenters. The van der Waals surface area contributed by atoms with E-state index in [1.54, 1.807) is 23.1 Å². The summed E-state index contributed by atoms with van der Waals surface area (Å²) in [6.45, 7) is 2.49. The van der Waals surface area contributed by atoms with Gasteiger partial charge in [0, 0.05) is 30.6 Å². The molecule has 1 aromatic carbocycles. The highest BCUT2D eigenvalue weighted by atomic mass is 35.5. The summed E-state index contributed by atoms with van der Waals surface area (Å²) >= 11 is 6.00. The fourth-order valence-corrected chi connectivity index (χ4v) is 2.58. The first-order valence-electron chi connectivity index (χ1n) is 7.10. The summed E-state index contributed by atoms with van der Waals surface area (Å²) in [5.74, 6) is -0.129. The van der Waals surface area contributed by atoms with Gasteiger partial charge in [-0.05, 0) is 25.1 Å². The van der Waals surface area contributed by atoms with Crippen LogP contribution in [0.2, 0.25) is 5.02 Å². The number of benzene rings is 1. The van der Waals surface area contributed by atoms with Crippen molar-refractivity contribution in [3.8, 4) is 5.75 Å². The summed E-state index contributed by atoms with van der Waals surface area (Å²) in [5.41, 5.74) is 6.08. The maximum absolute atomic E-state index is 12.2. The highest BCUT2D eigenvalue weighted by molar-refractivity contribution is 6.31. The van der Waals surface area contributed by atoms with Crippen LogP contribution < -0.4 is 20.7 Å². The number of halogens is 2. The number of hydrogen-bond acceptors (Lipinski definition) is 4. The lowest BCUT2D eigenvalue weighted by molar-refractivity contribution is -0.126. The van der Waals surface area contributed by atoms with Gasteiger partial charge in [0.15, 0.2) is 0 Å². The molecule has 2 atom stereocenters. The minimum absolute atomic E-state index is 0. The summed E-state index contributed by atoms with van der Waals surface area (Å²) in [4.78, 5) is 25.9. The predicted octanol–water partition coefficient (Wildman–Crippen LogP) is 1.59. The molecule has 3 N–H and O–H groups in total. The Hall–Kier alpha value is -1.50. The van der Waals surface area contributed by atoms with Gasteiger partial charge < -0.3 is 20.7 Å². The third-order valence-corrected chi connectivity index (χ3v) is 3.90. The summed E-state index contributed by atoms with van der Waals surface area (Å²) in [5, 5.41) is 3.31. The van der Waals surface area contributed by atoms with Crippen molar-refractivity contribution in [3.05, 3.63) is 23.2 Å². The molecule has 0 saturated carbocycles. The van der Waals surface area contributed by atoms with E-state index >= 15 is 0 Å². The number of rotatable bonds is 5. The van der Waals surface area contributed by atoms with Crippen LogP contribution in [-0.2, 0) is 9.59 Å². The molecule has 0 bridgehead atoms. The first-order valence-corrected chi connectivity index (χ1v) is 7.48. The zero-order chi connectivity index (χ0) is 16.3. The second kappa shape index (κ2) is 8.38. The quantitative estimate of drug-likeness (QED) is 0.833. The molecule has 1 aromatic rings. The number of hydrogen-bond donors (Lipinski definition) is 2. The largest absolute Gasteiger partial charge is 0.495 e. The van der Waals surface area contributed by atoms with Gasteiger partial charge in [-0.3, -0.25) is 9.59 Å². The van der Waals surface area contributed by atoms with E-state index in [0.29, 0.717) is 29.5 Å². The number of nitrogens with one attached hydrogen (secondary N) is 1. The third-order valence-electron chi connectivity index (χ3n) is 3.67. The Labute approximate surface area is 146 Å². The van der Waals surface area contributed by atoms with Crippen LogP contribution in [0.4, 0.5) is 5.69 Å². The Bertz CT molecular complexity index is 583. The second-order valence-electron chi connectivity index (χ2n) is 5.37. The Morgan fingerprint density at radius 1 is 1.57 bits per heavy atom. The summed E-state index contributed by atoms with van der Waals surface area (Å²) < 4.78 is 5.27. The highest BCUT2D eigenvalue weighted by Gasteiger charge is 2.36.